The van der Waals surface area contributed by atoms with Crippen LogP contribution in [0.1, 0.15) is 32.6 Å². The third kappa shape index (κ3) is 6.31. The monoisotopic (exact) mass is 287 g/mol. The van der Waals surface area contributed by atoms with Gasteiger partial charge in [-0.2, -0.15) is 0 Å². The molecule has 110 valence electrons. The molecule has 0 saturated heterocycles. The average molecular weight is 287 g/mol. The number of hydrogen-bond acceptors (Lipinski definition) is 4. The molecule has 1 aliphatic carbocycles. The number of rotatable bonds is 10. The third-order valence-corrected chi connectivity index (χ3v) is 3.54. The lowest BCUT2D eigenvalue weighted by molar-refractivity contribution is -0.126. The first-order chi connectivity index (χ1) is 9.06. The van der Waals surface area contributed by atoms with Gasteiger partial charge in [-0.15, -0.1) is 0 Å². The minimum atomic E-state index is -0.121. The summed E-state index contributed by atoms with van der Waals surface area (Å²) >= 11 is 4.91. The fraction of sp³-hybridized carbons (Fsp3) is 0.846. The molecule has 1 amide bonds. The second kappa shape index (κ2) is 8.45. The molecule has 0 bridgehead atoms. The van der Waals surface area contributed by atoms with Gasteiger partial charge < -0.3 is 15.8 Å². The number of methoxy groups -OCH3 is 1. The third-order valence-electron chi connectivity index (χ3n) is 3.33. The van der Waals surface area contributed by atoms with Crippen LogP contribution >= 0.6 is 12.2 Å². The number of ether oxygens (including phenoxy) is 1. The highest BCUT2D eigenvalue weighted by Gasteiger charge is 2.34. The molecule has 0 spiro atoms. The summed E-state index contributed by atoms with van der Waals surface area (Å²) in [4.78, 5) is 14.8. The van der Waals surface area contributed by atoms with E-state index >= 15 is 0 Å². The molecule has 0 radical (unpaired) electrons. The van der Waals surface area contributed by atoms with E-state index in [-0.39, 0.29) is 11.9 Å². The minimum Gasteiger partial charge on any atom is -0.393 e. The zero-order valence-corrected chi connectivity index (χ0v) is 12.7. The molecule has 5 nitrogen and oxygen atoms in total. The Kier molecular flexibility index (Phi) is 7.27. The topological polar surface area (TPSA) is 67.6 Å². The number of hydrogen-bond donors (Lipinski definition) is 2. The average Bonchev–Trinajstić information content (AvgIpc) is 3.18. The van der Waals surface area contributed by atoms with E-state index in [0.717, 1.165) is 13.0 Å². The van der Waals surface area contributed by atoms with Crippen molar-refractivity contribution in [3.8, 4) is 0 Å². The summed E-state index contributed by atoms with van der Waals surface area (Å²) < 4.78 is 4.95. The molecule has 1 saturated carbocycles. The van der Waals surface area contributed by atoms with Crippen LogP contribution in [-0.4, -0.2) is 54.7 Å². The van der Waals surface area contributed by atoms with Gasteiger partial charge in [0.25, 0.3) is 0 Å². The highest BCUT2D eigenvalue weighted by molar-refractivity contribution is 7.80. The molecule has 1 aliphatic rings. The Morgan fingerprint density at radius 1 is 1.58 bits per heavy atom. The molecule has 0 heterocycles. The van der Waals surface area contributed by atoms with Gasteiger partial charge in [-0.3, -0.25) is 9.69 Å². The molecule has 3 N–H and O–H groups in total. The lowest BCUT2D eigenvalue weighted by Crippen LogP contribution is -2.47. The predicted octanol–water partition coefficient (Wildman–Crippen LogP) is 0.668. The first-order valence-electron chi connectivity index (χ1n) is 6.87. The van der Waals surface area contributed by atoms with E-state index < -0.39 is 0 Å². The number of carbonyl (C=O) groups excluding carboxylic acids is 1. The Morgan fingerprint density at radius 3 is 2.79 bits per heavy atom. The van der Waals surface area contributed by atoms with E-state index in [4.69, 9.17) is 22.7 Å². The van der Waals surface area contributed by atoms with Crippen molar-refractivity contribution in [3.05, 3.63) is 0 Å². The van der Waals surface area contributed by atoms with Crippen molar-refractivity contribution in [1.82, 2.24) is 10.2 Å². The van der Waals surface area contributed by atoms with Gasteiger partial charge in [0.1, 0.15) is 0 Å². The maximum atomic E-state index is 12.1. The smallest absolute Gasteiger partial charge is 0.237 e. The highest BCUT2D eigenvalue weighted by Crippen LogP contribution is 2.28. The Balaban J connectivity index is 2.35. The van der Waals surface area contributed by atoms with Crippen LogP contribution in [0.25, 0.3) is 0 Å². The Labute approximate surface area is 120 Å². The normalized spacial score (nSPS) is 16.4. The summed E-state index contributed by atoms with van der Waals surface area (Å²) in [6, 6.07) is 0.401. The second-order valence-corrected chi connectivity index (χ2v) is 5.52. The van der Waals surface area contributed by atoms with E-state index in [0.29, 0.717) is 30.6 Å². The summed E-state index contributed by atoms with van der Waals surface area (Å²) in [7, 11) is 1.66. The summed E-state index contributed by atoms with van der Waals surface area (Å²) in [5.74, 6) is 0.0749. The van der Waals surface area contributed by atoms with Gasteiger partial charge in [-0.05, 0) is 26.2 Å². The predicted molar refractivity (Wildman–Crippen MR) is 80.1 cm³/mol. The SMILES string of the molecule is COCCCNC(=O)C(C)N(CCC(N)=S)C1CC1. The van der Waals surface area contributed by atoms with E-state index in [1.54, 1.807) is 7.11 Å². The summed E-state index contributed by atoms with van der Waals surface area (Å²) in [5.41, 5.74) is 5.54. The number of nitrogens with two attached hydrogens (primary N) is 1. The standard InChI is InChI=1S/C13H25N3O2S/c1-10(13(17)15-7-3-9-18-2)16(11-4-5-11)8-6-12(14)19/h10-11H,3-9H2,1-2H3,(H2,14,19)(H,15,17). The molecule has 1 unspecified atom stereocenters. The molecule has 0 aliphatic heterocycles. The first-order valence-corrected chi connectivity index (χ1v) is 7.27. The zero-order chi connectivity index (χ0) is 14.3. The molecule has 1 atom stereocenters. The van der Waals surface area contributed by atoms with Gasteiger partial charge in [0.05, 0.1) is 11.0 Å². The fourth-order valence-corrected chi connectivity index (χ4v) is 2.16. The van der Waals surface area contributed by atoms with Crippen molar-refractivity contribution in [2.24, 2.45) is 5.73 Å². The van der Waals surface area contributed by atoms with Crippen molar-refractivity contribution in [1.29, 1.82) is 0 Å². The van der Waals surface area contributed by atoms with Crippen LogP contribution in [0.2, 0.25) is 0 Å². The molecule has 0 aromatic heterocycles. The van der Waals surface area contributed by atoms with Crippen LogP contribution in [0.3, 0.4) is 0 Å². The van der Waals surface area contributed by atoms with Gasteiger partial charge in [0.2, 0.25) is 5.91 Å². The van der Waals surface area contributed by atoms with Gasteiger partial charge in [-0.1, -0.05) is 12.2 Å². The highest BCUT2D eigenvalue weighted by atomic mass is 32.1. The lowest BCUT2D eigenvalue weighted by atomic mass is 10.2. The Morgan fingerprint density at radius 2 is 2.26 bits per heavy atom. The molecular weight excluding hydrogens is 262 g/mol. The van der Waals surface area contributed by atoms with Crippen molar-refractivity contribution in [3.63, 3.8) is 0 Å². The van der Waals surface area contributed by atoms with E-state index in [9.17, 15) is 4.79 Å². The van der Waals surface area contributed by atoms with E-state index in [2.05, 4.69) is 10.2 Å². The summed E-state index contributed by atoms with van der Waals surface area (Å²) in [6.45, 7) is 4.05. The van der Waals surface area contributed by atoms with Gasteiger partial charge in [0.15, 0.2) is 0 Å². The largest absolute Gasteiger partial charge is 0.393 e. The van der Waals surface area contributed by atoms with Crippen molar-refractivity contribution >= 4 is 23.1 Å². The molecule has 19 heavy (non-hydrogen) atoms. The summed E-state index contributed by atoms with van der Waals surface area (Å²) in [5, 5.41) is 2.94. The number of amides is 1. The van der Waals surface area contributed by atoms with Crippen molar-refractivity contribution < 1.29 is 9.53 Å². The number of carbonyl (C=O) groups is 1. The number of nitrogens with zero attached hydrogens (tertiary/aromatic N) is 1. The van der Waals surface area contributed by atoms with Gasteiger partial charge >= 0.3 is 0 Å². The van der Waals surface area contributed by atoms with Crippen LogP contribution in [0.5, 0.6) is 0 Å². The molecule has 0 aromatic rings. The fourth-order valence-electron chi connectivity index (χ4n) is 2.06. The quantitative estimate of drug-likeness (QED) is 0.456. The van der Waals surface area contributed by atoms with Crippen molar-refractivity contribution in [2.45, 2.75) is 44.7 Å². The maximum absolute atomic E-state index is 12.1. The molecule has 6 heteroatoms. The van der Waals surface area contributed by atoms with Crippen LogP contribution < -0.4 is 11.1 Å². The van der Waals surface area contributed by atoms with E-state index in [1.807, 2.05) is 6.92 Å². The summed E-state index contributed by atoms with van der Waals surface area (Å²) in [6.07, 6.45) is 3.84. The van der Waals surface area contributed by atoms with Crippen LogP contribution in [0.4, 0.5) is 0 Å². The maximum Gasteiger partial charge on any atom is 0.237 e. The second-order valence-electron chi connectivity index (χ2n) is 5.00. The number of thiocarbonyl (C=S) groups is 1. The first kappa shape index (κ1) is 16.3. The van der Waals surface area contributed by atoms with E-state index in [1.165, 1.54) is 12.8 Å². The lowest BCUT2D eigenvalue weighted by Gasteiger charge is -2.28. The van der Waals surface area contributed by atoms with Crippen molar-refractivity contribution in [2.75, 3.05) is 26.8 Å². The zero-order valence-electron chi connectivity index (χ0n) is 11.9. The molecule has 1 fully saturated rings. The van der Waals surface area contributed by atoms with Gasteiger partial charge in [0, 0.05) is 39.3 Å². The number of nitrogens with one attached hydrogen (secondary N) is 1. The van der Waals surface area contributed by atoms with Crippen LogP contribution in [0, 0.1) is 0 Å². The Bertz CT molecular complexity index is 308. The molecule has 1 rings (SSSR count). The molecular formula is C13H25N3O2S. The van der Waals surface area contributed by atoms with Crippen LogP contribution in [0.15, 0.2) is 0 Å². The van der Waals surface area contributed by atoms with Crippen LogP contribution in [-0.2, 0) is 9.53 Å². The van der Waals surface area contributed by atoms with Gasteiger partial charge in [-0.25, -0.2) is 0 Å². The minimum absolute atomic E-state index is 0.0749. The Hall–Kier alpha value is -0.720. The molecule has 0 aromatic carbocycles.